The molecule has 0 amide bonds. The third-order valence-corrected chi connectivity index (χ3v) is 7.21. The molecule has 0 spiro atoms. The smallest absolute Gasteiger partial charge is 0.223 e. The van der Waals surface area contributed by atoms with Crippen molar-refractivity contribution in [3.8, 4) is 0 Å². The Labute approximate surface area is 188 Å². The van der Waals surface area contributed by atoms with E-state index in [1.165, 1.54) is 0 Å². The maximum Gasteiger partial charge on any atom is 0.454 e. The van der Waals surface area contributed by atoms with E-state index in [9.17, 15) is 101 Å². The van der Waals surface area contributed by atoms with Crippen LogP contribution in [0.4, 0.5) is 105 Å². The minimum atomic E-state index is -9.68. The minimum Gasteiger partial charge on any atom is -0.223 e. The lowest BCUT2D eigenvalue weighted by Gasteiger charge is -2.79. The average Bonchev–Trinajstić information content (AvgIpc) is 2.51. The van der Waals surface area contributed by atoms with Crippen molar-refractivity contribution in [1.82, 2.24) is 0 Å². The van der Waals surface area contributed by atoms with Gasteiger partial charge in [0.2, 0.25) is 5.41 Å². The van der Waals surface area contributed by atoms with E-state index < -0.39 is 81.9 Å². The number of alkyl halides is 24. The minimum absolute atomic E-state index is 8.77. The third kappa shape index (κ3) is 1.88. The highest BCUT2D eigenvalue weighted by atomic mass is 19.4. The second-order valence-electron chi connectivity index (χ2n) is 8.42. The molecule has 0 aliphatic heterocycles. The molecule has 0 radical (unpaired) electrons. The summed E-state index contributed by atoms with van der Waals surface area (Å²) in [5.41, 5.74) is -37.9. The highest BCUT2D eigenvalue weighted by Crippen LogP contribution is 2.99. The monoisotopic (exact) mass is 624 g/mol. The van der Waals surface area contributed by atoms with Gasteiger partial charge in [0.15, 0.2) is 0 Å². The first-order valence-corrected chi connectivity index (χ1v) is 8.54. The van der Waals surface area contributed by atoms with Crippen LogP contribution in [0.1, 0.15) is 0 Å². The van der Waals surface area contributed by atoms with Gasteiger partial charge in [0, 0.05) is 0 Å². The van der Waals surface area contributed by atoms with Crippen molar-refractivity contribution in [3.63, 3.8) is 0 Å². The first-order valence-electron chi connectivity index (χ1n) is 8.54. The van der Waals surface area contributed by atoms with E-state index in [0.29, 0.717) is 0 Å². The Morgan fingerprint density at radius 2 is 0.500 bits per heavy atom. The van der Waals surface area contributed by atoms with E-state index in [1.807, 2.05) is 0 Å². The van der Waals surface area contributed by atoms with Crippen molar-refractivity contribution in [2.75, 3.05) is 0 Å². The summed E-state index contributed by atoms with van der Waals surface area (Å²) in [6, 6.07) is 0. The average molecular weight is 624 g/mol. The lowest BCUT2D eigenvalue weighted by Crippen LogP contribution is -3.09. The van der Waals surface area contributed by atoms with Crippen LogP contribution in [0.25, 0.3) is 0 Å². The molecule has 4 aliphatic carbocycles. The largest absolute Gasteiger partial charge is 0.454 e. The first kappa shape index (κ1) is 30.9. The molecule has 4 fully saturated rings. The summed E-state index contributed by atoms with van der Waals surface area (Å²) in [5, 5.41) is 0. The van der Waals surface area contributed by atoms with Crippen molar-refractivity contribution in [1.29, 1.82) is 0 Å². The van der Waals surface area contributed by atoms with E-state index in [1.54, 1.807) is 0 Å². The summed E-state index contributed by atoms with van der Waals surface area (Å²) in [7, 11) is 0. The van der Waals surface area contributed by atoms with Crippen LogP contribution < -0.4 is 0 Å². The highest BCUT2D eigenvalue weighted by Gasteiger charge is 3.28. The van der Waals surface area contributed by atoms with E-state index >= 15 is 4.39 Å². The van der Waals surface area contributed by atoms with E-state index in [0.717, 1.165) is 0 Å². The molecule has 0 nitrogen and oxygen atoms in total. The summed E-state index contributed by atoms with van der Waals surface area (Å²) in [4.78, 5) is 0. The molecule has 4 saturated carbocycles. The van der Waals surface area contributed by atoms with Gasteiger partial charge in [-0.25, -0.2) is 57.1 Å². The fourth-order valence-electron chi connectivity index (χ4n) is 5.86. The lowest BCUT2D eigenvalue weighted by atomic mass is 9.28. The van der Waals surface area contributed by atoms with Crippen molar-refractivity contribution in [3.05, 3.63) is 0 Å². The Balaban J connectivity index is 3.03. The summed E-state index contributed by atoms with van der Waals surface area (Å²) in [5.74, 6) is -66.0. The Kier molecular flexibility index (Phi) is 4.98. The van der Waals surface area contributed by atoms with Crippen LogP contribution in [0.15, 0.2) is 0 Å². The zero-order valence-corrected chi connectivity index (χ0v) is 16.1. The van der Waals surface area contributed by atoms with Crippen molar-refractivity contribution in [2.45, 2.75) is 65.7 Å². The molecule has 4 aliphatic rings. The van der Waals surface area contributed by atoms with Gasteiger partial charge in [-0.1, -0.05) is 0 Å². The van der Waals surface area contributed by atoms with Gasteiger partial charge in [-0.3, -0.25) is 0 Å². The van der Waals surface area contributed by atoms with Crippen molar-refractivity contribution < 1.29 is 105 Å². The van der Waals surface area contributed by atoms with Gasteiger partial charge in [-0.2, -0.15) is 48.3 Å². The normalized spacial score (nSPS) is 42.3. The highest BCUT2D eigenvalue weighted by molar-refractivity contribution is 5.53. The van der Waals surface area contributed by atoms with Crippen LogP contribution in [-0.4, -0.2) is 65.7 Å². The standard InChI is InChI=1S/C14F24/c15-4-8(22,23)1(11(28,29)14(36,37)38)5(16,17)2(9(4,24)25,12(30,31)32)7(20,21)3(6(1,18)19,10(4,26)27)13(33,34)35. The number of hydrogen-bond acceptors (Lipinski definition) is 0. The number of halogens is 24. The molecule has 0 heterocycles. The van der Waals surface area contributed by atoms with Gasteiger partial charge < -0.3 is 0 Å². The summed E-state index contributed by atoms with van der Waals surface area (Å²) in [6.07, 6.45) is -27.0. The second kappa shape index (κ2) is 6.14. The van der Waals surface area contributed by atoms with Crippen molar-refractivity contribution >= 4 is 0 Å². The Morgan fingerprint density at radius 3 is 0.711 bits per heavy atom. The van der Waals surface area contributed by atoms with Gasteiger partial charge in [0.1, 0.15) is 0 Å². The molecule has 4 rings (SSSR count). The summed E-state index contributed by atoms with van der Waals surface area (Å²) < 4.78 is 340. The van der Waals surface area contributed by atoms with E-state index in [4.69, 9.17) is 0 Å². The molecular weight excluding hydrogens is 624 g/mol. The molecule has 4 bridgehead atoms. The zero-order chi connectivity index (χ0) is 31.0. The van der Waals surface area contributed by atoms with Gasteiger partial charge in [0.05, 0.1) is 0 Å². The molecular formula is C14F24. The van der Waals surface area contributed by atoms with Gasteiger partial charge >= 0.3 is 53.8 Å². The van der Waals surface area contributed by atoms with E-state index in [2.05, 4.69) is 0 Å². The first-order chi connectivity index (χ1) is 16.0. The van der Waals surface area contributed by atoms with Gasteiger partial charge in [0.25, 0.3) is 22.7 Å². The topological polar surface area (TPSA) is 0 Å². The molecule has 0 saturated heterocycles. The Morgan fingerprint density at radius 1 is 0.289 bits per heavy atom. The van der Waals surface area contributed by atoms with Gasteiger partial charge in [-0.05, 0) is 0 Å². The quantitative estimate of drug-likeness (QED) is 0.261. The molecule has 224 valence electrons. The molecule has 0 aromatic rings. The molecule has 2 unspecified atom stereocenters. The summed E-state index contributed by atoms with van der Waals surface area (Å²) >= 11 is 0. The van der Waals surface area contributed by atoms with Crippen LogP contribution in [0, 0.1) is 16.2 Å². The molecule has 2 atom stereocenters. The van der Waals surface area contributed by atoms with Gasteiger partial charge in [-0.15, -0.1) is 0 Å². The molecule has 0 aromatic carbocycles. The second-order valence-corrected chi connectivity index (χ2v) is 8.42. The van der Waals surface area contributed by atoms with E-state index in [-0.39, 0.29) is 0 Å². The molecule has 24 heteroatoms. The molecule has 0 aromatic heterocycles. The fraction of sp³-hybridized carbons (Fsp3) is 1.00. The summed E-state index contributed by atoms with van der Waals surface area (Å²) in [6.45, 7) is 0. The maximum absolute atomic E-state index is 15.0. The van der Waals surface area contributed by atoms with Crippen LogP contribution in [0.5, 0.6) is 0 Å². The van der Waals surface area contributed by atoms with Crippen LogP contribution in [0.3, 0.4) is 0 Å². The zero-order valence-electron chi connectivity index (χ0n) is 16.1. The van der Waals surface area contributed by atoms with Crippen LogP contribution in [-0.2, 0) is 0 Å². The lowest BCUT2D eigenvalue weighted by molar-refractivity contribution is -0.680. The third-order valence-electron chi connectivity index (χ3n) is 7.21. The number of rotatable bonds is 1. The van der Waals surface area contributed by atoms with Crippen LogP contribution in [0.2, 0.25) is 0 Å². The SMILES string of the molecule is FC(F)(F)C(F)(F)C12C(F)(F)C3(F)C(F)(F)C(C(F)(F)F)(C(F)(F)C(C(F)(F)F)(C3(F)F)C1(F)F)C2(F)F. The number of hydrogen-bond donors (Lipinski definition) is 0. The Bertz CT molecular complexity index is 993. The predicted molar refractivity (Wildman–Crippen MR) is 63.9 cm³/mol. The molecule has 38 heavy (non-hydrogen) atoms. The maximum atomic E-state index is 15.0. The fourth-order valence-corrected chi connectivity index (χ4v) is 5.86. The molecule has 0 N–H and O–H groups in total. The van der Waals surface area contributed by atoms with Crippen molar-refractivity contribution in [2.24, 2.45) is 16.2 Å². The Hall–Kier alpha value is -1.68. The predicted octanol–water partition coefficient (Wildman–Crippen LogP) is 7.83. The van der Waals surface area contributed by atoms with Crippen LogP contribution >= 0.6 is 0 Å².